The number of methoxy groups -OCH3 is 1. The molecule has 0 saturated heterocycles. The van der Waals surface area contributed by atoms with Gasteiger partial charge in [0.2, 0.25) is 0 Å². The quantitative estimate of drug-likeness (QED) is 0.0727. The summed E-state index contributed by atoms with van der Waals surface area (Å²) in [6.45, 7) is 2.27. The van der Waals surface area contributed by atoms with Crippen molar-refractivity contribution in [1.29, 1.82) is 0 Å². The molecule has 0 saturated carbocycles. The van der Waals surface area contributed by atoms with Gasteiger partial charge in [-0.1, -0.05) is 96.8 Å². The number of ether oxygens (including phenoxy) is 2. The fourth-order valence-electron chi connectivity index (χ4n) is 3.66. The van der Waals surface area contributed by atoms with Gasteiger partial charge in [0.25, 0.3) is 0 Å². The average molecular weight is 445 g/mol. The van der Waals surface area contributed by atoms with E-state index in [4.69, 9.17) is 9.47 Å². The van der Waals surface area contributed by atoms with Gasteiger partial charge in [0.15, 0.2) is 11.5 Å². The monoisotopic (exact) mass is 444 g/mol. The molecule has 0 aliphatic heterocycles. The summed E-state index contributed by atoms with van der Waals surface area (Å²) in [5, 5.41) is 0. The molecule has 0 radical (unpaired) electrons. The van der Waals surface area contributed by atoms with E-state index in [1.807, 2.05) is 0 Å². The normalized spacial score (nSPS) is 10.4. The van der Waals surface area contributed by atoms with Crippen molar-refractivity contribution in [1.82, 2.24) is 0 Å². The van der Waals surface area contributed by atoms with Crippen LogP contribution in [-0.2, 0) is 4.79 Å². The van der Waals surface area contributed by atoms with Crippen LogP contribution in [0.15, 0.2) is 18.2 Å². The van der Waals surface area contributed by atoms with Gasteiger partial charge in [-0.2, -0.15) is 0 Å². The van der Waals surface area contributed by atoms with E-state index in [2.05, 4.69) is 6.92 Å². The first-order chi connectivity index (χ1) is 14.7. The number of aldehydes is 1. The van der Waals surface area contributed by atoms with Crippen LogP contribution in [0.4, 0.5) is 0 Å². The van der Waals surface area contributed by atoms with Gasteiger partial charge in [-0.3, -0.25) is 9.59 Å². The summed E-state index contributed by atoms with van der Waals surface area (Å²) in [7, 11) is 1.50. The van der Waals surface area contributed by atoms with Gasteiger partial charge in [-0.15, -0.1) is 0 Å². The van der Waals surface area contributed by atoms with Gasteiger partial charge in [-0.05, 0) is 24.6 Å². The minimum absolute atomic E-state index is 0. The van der Waals surface area contributed by atoms with Crippen LogP contribution in [0.3, 0.4) is 0 Å². The third kappa shape index (κ3) is 15.4. The topological polar surface area (TPSA) is 52.6 Å². The summed E-state index contributed by atoms with van der Waals surface area (Å²) in [6, 6.07) is 4.79. The van der Waals surface area contributed by atoms with Crippen molar-refractivity contribution < 1.29 is 21.9 Å². The van der Waals surface area contributed by atoms with Gasteiger partial charge in [-0.25, -0.2) is 0 Å². The first-order valence-corrected chi connectivity index (χ1v) is 12.0. The van der Waals surface area contributed by atoms with E-state index in [9.17, 15) is 9.59 Å². The Morgan fingerprint density at radius 2 is 1.29 bits per heavy atom. The third-order valence-electron chi connectivity index (χ3n) is 5.53. The molecule has 174 valence electrons. The zero-order chi connectivity index (χ0) is 21.9. The van der Waals surface area contributed by atoms with Crippen molar-refractivity contribution in [2.24, 2.45) is 0 Å². The third-order valence-corrected chi connectivity index (χ3v) is 5.53. The van der Waals surface area contributed by atoms with Crippen LogP contribution in [0.25, 0.3) is 0 Å². The number of hydrogen-bond donors (Lipinski definition) is 0. The van der Waals surface area contributed by atoms with Crippen LogP contribution in [0.1, 0.15) is 123 Å². The molecule has 0 atom stereocenters. The Kier molecular flexibility index (Phi) is 20.1. The Balaban J connectivity index is -0.00000300. The predicted molar refractivity (Wildman–Crippen MR) is 132 cm³/mol. The number of rotatable bonds is 19. The average Bonchev–Trinajstić information content (AvgIpc) is 2.76. The maximum Gasteiger partial charge on any atom is 2.00 e. The first-order valence-electron chi connectivity index (χ1n) is 12.0. The summed E-state index contributed by atoms with van der Waals surface area (Å²) in [5.74, 6) is 0.528. The summed E-state index contributed by atoms with van der Waals surface area (Å²) >= 11 is 0. The van der Waals surface area contributed by atoms with E-state index in [0.717, 1.165) is 19.1 Å². The summed E-state index contributed by atoms with van der Waals surface area (Å²) < 4.78 is 10.6. The van der Waals surface area contributed by atoms with Crippen molar-refractivity contribution in [3.05, 3.63) is 23.8 Å². The number of carbonyl (C=O) groups is 2. The minimum Gasteiger partial charge on any atom is -1.00 e. The van der Waals surface area contributed by atoms with Crippen LogP contribution >= 0.6 is 0 Å². The second-order valence-corrected chi connectivity index (χ2v) is 8.20. The SMILES string of the molecule is CCCCCCCCCCCCCCCCCC(=O)Oc1ccc(C=O)cc1OC.[H-].[H-].[Mg+2]. The van der Waals surface area contributed by atoms with Crippen molar-refractivity contribution in [3.8, 4) is 11.5 Å². The summed E-state index contributed by atoms with van der Waals surface area (Å²) in [4.78, 5) is 22.8. The smallest absolute Gasteiger partial charge is 1.00 e. The maximum atomic E-state index is 12.0. The Morgan fingerprint density at radius 3 is 1.74 bits per heavy atom. The molecular weight excluding hydrogens is 401 g/mol. The van der Waals surface area contributed by atoms with Crippen molar-refractivity contribution in [2.75, 3.05) is 7.11 Å². The zero-order valence-electron chi connectivity index (χ0n) is 22.0. The zero-order valence-corrected chi connectivity index (χ0v) is 21.4. The number of carbonyl (C=O) groups excluding carboxylic acids is 2. The predicted octanol–water partition coefficient (Wildman–Crippen LogP) is 7.52. The molecule has 0 bridgehead atoms. The van der Waals surface area contributed by atoms with Gasteiger partial charge >= 0.3 is 29.0 Å². The van der Waals surface area contributed by atoms with Gasteiger partial charge in [0.1, 0.15) is 6.29 Å². The van der Waals surface area contributed by atoms with E-state index in [1.54, 1.807) is 18.2 Å². The number of hydrogen-bond acceptors (Lipinski definition) is 4. The molecule has 0 aliphatic rings. The van der Waals surface area contributed by atoms with E-state index in [1.165, 1.54) is 90.6 Å². The van der Waals surface area contributed by atoms with Gasteiger partial charge < -0.3 is 12.3 Å². The molecule has 4 nitrogen and oxygen atoms in total. The Morgan fingerprint density at radius 1 is 0.806 bits per heavy atom. The molecule has 1 aromatic carbocycles. The number of unbranched alkanes of at least 4 members (excludes halogenated alkanes) is 14. The van der Waals surface area contributed by atoms with Gasteiger partial charge in [0.05, 0.1) is 7.11 Å². The fraction of sp³-hybridized carbons (Fsp3) is 0.692. The molecule has 0 fully saturated rings. The fourth-order valence-corrected chi connectivity index (χ4v) is 3.66. The molecule has 0 N–H and O–H groups in total. The van der Waals surface area contributed by atoms with Crippen molar-refractivity contribution in [2.45, 2.75) is 110 Å². The molecular formula is C26H44MgO4. The minimum atomic E-state index is -0.248. The van der Waals surface area contributed by atoms with Gasteiger partial charge in [0, 0.05) is 12.0 Å². The van der Waals surface area contributed by atoms with E-state index in [0.29, 0.717) is 23.5 Å². The number of benzene rings is 1. The molecule has 1 rings (SSSR count). The second kappa shape index (κ2) is 20.8. The standard InChI is InChI=1S/C26H42O4.Mg.2H/c1-3-4-5-6-7-8-9-10-11-12-13-14-15-16-17-18-26(28)30-24-20-19-23(22-27)21-25(24)29-2;;;/h19-22H,3-18H2,1-2H3;;;/q;+2;2*-1. The number of esters is 1. The molecule has 0 aliphatic carbocycles. The van der Waals surface area contributed by atoms with Crippen LogP contribution in [0.2, 0.25) is 0 Å². The van der Waals surface area contributed by atoms with Crippen LogP contribution in [0, 0.1) is 0 Å². The molecule has 0 spiro atoms. The molecule has 0 aromatic heterocycles. The van der Waals surface area contributed by atoms with Crippen LogP contribution < -0.4 is 9.47 Å². The molecule has 1 aromatic rings. The molecule has 0 unspecified atom stereocenters. The van der Waals surface area contributed by atoms with Crippen molar-refractivity contribution >= 4 is 35.3 Å². The molecule has 31 heavy (non-hydrogen) atoms. The largest absolute Gasteiger partial charge is 2.00 e. The van der Waals surface area contributed by atoms with Crippen LogP contribution in [0.5, 0.6) is 11.5 Å². The molecule has 5 heteroatoms. The summed E-state index contributed by atoms with van der Waals surface area (Å²) in [6.07, 6.45) is 20.7. The molecule has 0 amide bonds. The van der Waals surface area contributed by atoms with E-state index >= 15 is 0 Å². The Hall–Kier alpha value is -1.07. The second-order valence-electron chi connectivity index (χ2n) is 8.20. The maximum absolute atomic E-state index is 12.0. The Labute approximate surface area is 209 Å². The van der Waals surface area contributed by atoms with Crippen LogP contribution in [-0.4, -0.2) is 42.4 Å². The molecule has 0 heterocycles. The van der Waals surface area contributed by atoms with E-state index in [-0.39, 0.29) is 31.9 Å². The summed E-state index contributed by atoms with van der Waals surface area (Å²) in [5.41, 5.74) is 0.494. The Bertz CT molecular complexity index is 600. The van der Waals surface area contributed by atoms with E-state index < -0.39 is 0 Å². The first kappa shape index (κ1) is 29.9. The van der Waals surface area contributed by atoms with Crippen molar-refractivity contribution in [3.63, 3.8) is 0 Å².